The van der Waals surface area contributed by atoms with Crippen molar-refractivity contribution in [1.29, 1.82) is 0 Å². The van der Waals surface area contributed by atoms with E-state index in [9.17, 15) is 23.1 Å². The fourth-order valence-corrected chi connectivity index (χ4v) is 1.83. The molecule has 0 aliphatic carbocycles. The standard InChI is InChI=1S/C11H9F3O3S/c1-2-6-17-9-7(10(15)16)4-3-5-8(9)18-11(12,13)14/h2-5H,1,6H2,(H,15,16)/p-1. The maximum Gasteiger partial charge on any atom is 0.446 e. The van der Waals surface area contributed by atoms with Crippen LogP contribution in [0, 0.1) is 0 Å². The number of thioether (sulfide) groups is 1. The Hall–Kier alpha value is -1.63. The van der Waals surface area contributed by atoms with Crippen molar-refractivity contribution in [3.63, 3.8) is 0 Å². The molecule has 0 aromatic heterocycles. The SMILES string of the molecule is C=CCOc1c(SC(F)(F)F)cccc1C(=O)[O-]. The number of rotatable bonds is 5. The minimum Gasteiger partial charge on any atom is -0.545 e. The van der Waals surface area contributed by atoms with Gasteiger partial charge in [0.05, 0.1) is 10.9 Å². The van der Waals surface area contributed by atoms with Crippen molar-refractivity contribution in [3.8, 4) is 5.75 Å². The van der Waals surface area contributed by atoms with Crippen molar-refractivity contribution in [1.82, 2.24) is 0 Å². The highest BCUT2D eigenvalue weighted by Crippen LogP contribution is 2.42. The summed E-state index contributed by atoms with van der Waals surface area (Å²) in [6.45, 7) is 3.24. The minimum absolute atomic E-state index is 0.101. The molecule has 1 aromatic carbocycles. The number of carbonyl (C=O) groups excluding carboxylic acids is 1. The van der Waals surface area contributed by atoms with E-state index in [0.717, 1.165) is 12.1 Å². The van der Waals surface area contributed by atoms with Crippen LogP contribution >= 0.6 is 11.8 Å². The van der Waals surface area contributed by atoms with E-state index in [4.69, 9.17) is 4.74 Å². The van der Waals surface area contributed by atoms with E-state index in [1.165, 1.54) is 12.1 Å². The number of benzene rings is 1. The Kier molecular flexibility index (Phi) is 4.66. The summed E-state index contributed by atoms with van der Waals surface area (Å²) in [4.78, 5) is 10.5. The molecule has 0 aliphatic heterocycles. The minimum atomic E-state index is -4.53. The number of carbonyl (C=O) groups is 1. The summed E-state index contributed by atoms with van der Waals surface area (Å²) in [7, 11) is 0. The predicted octanol–water partition coefficient (Wildman–Crippen LogP) is 2.23. The molecule has 0 aliphatic rings. The highest BCUT2D eigenvalue weighted by Gasteiger charge is 2.31. The molecule has 0 heterocycles. The lowest BCUT2D eigenvalue weighted by atomic mass is 10.2. The van der Waals surface area contributed by atoms with Gasteiger partial charge >= 0.3 is 5.51 Å². The molecular formula is C11H8F3O3S-. The Bertz CT molecular complexity index is 457. The average Bonchev–Trinajstić information content (AvgIpc) is 2.24. The summed E-state index contributed by atoms with van der Waals surface area (Å²) in [5.74, 6) is -1.96. The fraction of sp³-hybridized carbons (Fsp3) is 0.182. The smallest absolute Gasteiger partial charge is 0.446 e. The van der Waals surface area contributed by atoms with Gasteiger partial charge in [0.15, 0.2) is 0 Å². The highest BCUT2D eigenvalue weighted by atomic mass is 32.2. The second kappa shape index (κ2) is 5.81. The molecule has 0 unspecified atom stereocenters. The summed E-state index contributed by atoms with van der Waals surface area (Å²) < 4.78 is 41.9. The largest absolute Gasteiger partial charge is 0.545 e. The van der Waals surface area contributed by atoms with Gasteiger partial charge in [-0.25, -0.2) is 0 Å². The Morgan fingerprint density at radius 2 is 2.17 bits per heavy atom. The van der Waals surface area contributed by atoms with E-state index in [1.54, 1.807) is 0 Å². The number of halogens is 3. The van der Waals surface area contributed by atoms with E-state index in [2.05, 4.69) is 6.58 Å². The van der Waals surface area contributed by atoms with Crippen LogP contribution in [0.1, 0.15) is 10.4 Å². The summed E-state index contributed by atoms with van der Waals surface area (Å²) >= 11 is -0.441. The molecule has 0 saturated carbocycles. The second-order valence-corrected chi connectivity index (χ2v) is 4.17. The van der Waals surface area contributed by atoms with Gasteiger partial charge in [0.2, 0.25) is 0 Å². The molecule has 0 saturated heterocycles. The van der Waals surface area contributed by atoms with Gasteiger partial charge in [-0.2, -0.15) is 13.2 Å². The number of carboxylic acids is 1. The predicted molar refractivity (Wildman–Crippen MR) is 58.4 cm³/mol. The molecule has 0 radical (unpaired) electrons. The topological polar surface area (TPSA) is 49.4 Å². The van der Waals surface area contributed by atoms with Crippen LogP contribution < -0.4 is 9.84 Å². The second-order valence-electron chi connectivity index (χ2n) is 3.07. The average molecular weight is 277 g/mol. The van der Waals surface area contributed by atoms with E-state index in [1.807, 2.05) is 0 Å². The van der Waals surface area contributed by atoms with E-state index >= 15 is 0 Å². The van der Waals surface area contributed by atoms with Crippen LogP contribution in [0.5, 0.6) is 5.75 Å². The normalized spacial score (nSPS) is 11.1. The van der Waals surface area contributed by atoms with Crippen molar-refractivity contribution in [3.05, 3.63) is 36.4 Å². The number of alkyl halides is 3. The third-order valence-corrected chi connectivity index (χ3v) is 2.54. The van der Waals surface area contributed by atoms with Crippen LogP contribution in [-0.4, -0.2) is 18.1 Å². The van der Waals surface area contributed by atoms with Gasteiger partial charge in [0, 0.05) is 5.56 Å². The lowest BCUT2D eigenvalue weighted by Gasteiger charge is -2.16. The Morgan fingerprint density at radius 1 is 1.50 bits per heavy atom. The van der Waals surface area contributed by atoms with Crippen LogP contribution in [0.15, 0.2) is 35.7 Å². The van der Waals surface area contributed by atoms with Gasteiger partial charge in [0.1, 0.15) is 12.4 Å². The third-order valence-electron chi connectivity index (χ3n) is 1.77. The van der Waals surface area contributed by atoms with E-state index < -0.39 is 28.8 Å². The van der Waals surface area contributed by atoms with Crippen LogP contribution in [0.3, 0.4) is 0 Å². The van der Waals surface area contributed by atoms with Crippen LogP contribution in [0.25, 0.3) is 0 Å². The summed E-state index contributed by atoms with van der Waals surface area (Å²) in [5.41, 5.74) is -4.96. The number of aromatic carboxylic acids is 1. The maximum absolute atomic E-state index is 12.3. The van der Waals surface area contributed by atoms with Gasteiger partial charge in [0.25, 0.3) is 0 Å². The van der Waals surface area contributed by atoms with Gasteiger partial charge in [-0.1, -0.05) is 18.7 Å². The van der Waals surface area contributed by atoms with Crippen LogP contribution in [0.4, 0.5) is 13.2 Å². The number of hydrogen-bond acceptors (Lipinski definition) is 4. The molecule has 1 aromatic rings. The Balaban J connectivity index is 3.18. The zero-order chi connectivity index (χ0) is 13.8. The van der Waals surface area contributed by atoms with Gasteiger partial charge in [-0.3, -0.25) is 0 Å². The molecule has 18 heavy (non-hydrogen) atoms. The first-order valence-corrected chi connectivity index (χ1v) is 5.50. The zero-order valence-electron chi connectivity index (χ0n) is 8.99. The summed E-state index contributed by atoms with van der Waals surface area (Å²) in [5, 5.41) is 10.8. The van der Waals surface area contributed by atoms with E-state index in [-0.39, 0.29) is 17.3 Å². The highest BCUT2D eigenvalue weighted by molar-refractivity contribution is 8.00. The van der Waals surface area contributed by atoms with Gasteiger partial charge < -0.3 is 14.6 Å². The maximum atomic E-state index is 12.3. The van der Waals surface area contributed by atoms with Gasteiger partial charge in [-0.15, -0.1) is 0 Å². The van der Waals surface area contributed by atoms with E-state index in [0.29, 0.717) is 0 Å². The number of carboxylic acid groups (broad SMARTS) is 1. The van der Waals surface area contributed by atoms with Crippen molar-refractivity contribution in [2.45, 2.75) is 10.4 Å². The van der Waals surface area contributed by atoms with Crippen LogP contribution in [0.2, 0.25) is 0 Å². The monoisotopic (exact) mass is 277 g/mol. The molecule has 1 rings (SSSR count). The lowest BCUT2D eigenvalue weighted by Crippen LogP contribution is -2.23. The molecule has 0 spiro atoms. The molecule has 7 heteroatoms. The Labute approximate surface area is 105 Å². The molecule has 98 valence electrons. The van der Waals surface area contributed by atoms with Crippen LogP contribution in [-0.2, 0) is 0 Å². The van der Waals surface area contributed by atoms with Crippen molar-refractivity contribution < 1.29 is 27.8 Å². The molecule has 0 bridgehead atoms. The fourth-order valence-electron chi connectivity index (χ4n) is 1.17. The number of hydrogen-bond donors (Lipinski definition) is 0. The first-order valence-electron chi connectivity index (χ1n) is 4.69. The lowest BCUT2D eigenvalue weighted by molar-refractivity contribution is -0.255. The number of ether oxygens (including phenoxy) is 1. The summed E-state index contributed by atoms with van der Waals surface area (Å²) in [6, 6.07) is 3.44. The molecule has 0 fully saturated rings. The zero-order valence-corrected chi connectivity index (χ0v) is 9.81. The van der Waals surface area contributed by atoms with Crippen molar-refractivity contribution in [2.75, 3.05) is 6.61 Å². The molecule has 0 N–H and O–H groups in total. The first kappa shape index (κ1) is 14.4. The van der Waals surface area contributed by atoms with Crippen molar-refractivity contribution >= 4 is 17.7 Å². The van der Waals surface area contributed by atoms with Gasteiger partial charge in [-0.05, 0) is 23.9 Å². The molecular weight excluding hydrogens is 269 g/mol. The van der Waals surface area contributed by atoms with Crippen molar-refractivity contribution in [2.24, 2.45) is 0 Å². The Morgan fingerprint density at radius 3 is 2.67 bits per heavy atom. The first-order chi connectivity index (χ1) is 8.35. The summed E-state index contributed by atoms with van der Waals surface area (Å²) in [6.07, 6.45) is 1.30. The quantitative estimate of drug-likeness (QED) is 0.611. The molecule has 0 amide bonds. The molecule has 0 atom stereocenters. The third kappa shape index (κ3) is 3.99. The number of para-hydroxylation sites is 1. The molecule has 3 nitrogen and oxygen atoms in total.